The van der Waals surface area contributed by atoms with Crippen LogP contribution in [0.3, 0.4) is 0 Å². The lowest BCUT2D eigenvalue weighted by Gasteiger charge is -2.08. The van der Waals surface area contributed by atoms with Crippen LogP contribution in [0.15, 0.2) is 54.6 Å². The van der Waals surface area contributed by atoms with E-state index in [0.717, 1.165) is 28.3 Å². The van der Waals surface area contributed by atoms with E-state index in [1.165, 1.54) is 4.73 Å². The predicted octanol–water partition coefficient (Wildman–Crippen LogP) is 3.39. The number of rotatable bonds is 1. The molecule has 0 saturated carbocycles. The summed E-state index contributed by atoms with van der Waals surface area (Å²) in [4.78, 5) is 4.61. The van der Waals surface area contributed by atoms with E-state index in [9.17, 15) is 5.21 Å². The second-order valence-electron chi connectivity index (χ2n) is 5.00. The van der Waals surface area contributed by atoms with Gasteiger partial charge in [0.2, 0.25) is 0 Å². The summed E-state index contributed by atoms with van der Waals surface area (Å²) in [6.45, 7) is 0.565. The standard InChI is InChI=1S/C17H14N2O2/c20-19-16-13-8-4-5-9-15(13)21-11-10-14(16)18-17(19)12-6-2-1-3-7-12/h1-9,20H,10-11H2. The highest BCUT2D eigenvalue weighted by Crippen LogP contribution is 2.36. The summed E-state index contributed by atoms with van der Waals surface area (Å²) >= 11 is 0. The molecule has 21 heavy (non-hydrogen) atoms. The average Bonchev–Trinajstić information content (AvgIpc) is 2.75. The van der Waals surface area contributed by atoms with Crippen molar-refractivity contribution in [3.05, 3.63) is 60.3 Å². The molecule has 1 aromatic heterocycles. The Balaban J connectivity index is 1.96. The quantitative estimate of drug-likeness (QED) is 0.694. The predicted molar refractivity (Wildman–Crippen MR) is 79.5 cm³/mol. The van der Waals surface area contributed by atoms with Crippen LogP contribution < -0.4 is 4.74 Å². The summed E-state index contributed by atoms with van der Waals surface area (Å²) in [7, 11) is 0. The molecule has 4 rings (SSSR count). The molecule has 0 atom stereocenters. The average molecular weight is 278 g/mol. The fourth-order valence-corrected chi connectivity index (χ4v) is 2.72. The summed E-state index contributed by atoms with van der Waals surface area (Å²) in [5.41, 5.74) is 3.36. The minimum atomic E-state index is 0.565. The molecule has 0 radical (unpaired) electrons. The first-order valence-corrected chi connectivity index (χ1v) is 6.93. The lowest BCUT2D eigenvalue weighted by Crippen LogP contribution is -1.99. The minimum absolute atomic E-state index is 0.565. The Morgan fingerprint density at radius 3 is 2.62 bits per heavy atom. The normalized spacial score (nSPS) is 13.0. The van der Waals surface area contributed by atoms with Crippen LogP contribution in [0.1, 0.15) is 5.69 Å². The first-order valence-electron chi connectivity index (χ1n) is 6.93. The van der Waals surface area contributed by atoms with E-state index in [4.69, 9.17) is 4.74 Å². The van der Waals surface area contributed by atoms with Gasteiger partial charge in [-0.2, -0.15) is 4.73 Å². The number of aromatic nitrogens is 2. The fraction of sp³-hybridized carbons (Fsp3) is 0.118. The van der Waals surface area contributed by atoms with Gasteiger partial charge in [-0.1, -0.05) is 42.5 Å². The molecule has 0 spiro atoms. The first-order chi connectivity index (χ1) is 10.3. The summed E-state index contributed by atoms with van der Waals surface area (Å²) in [6, 6.07) is 17.4. The van der Waals surface area contributed by atoms with Crippen LogP contribution in [-0.4, -0.2) is 21.5 Å². The maximum Gasteiger partial charge on any atom is 0.176 e. The smallest absolute Gasteiger partial charge is 0.176 e. The number of ether oxygens (including phenoxy) is 1. The minimum Gasteiger partial charge on any atom is -0.492 e. The van der Waals surface area contributed by atoms with E-state index in [0.29, 0.717) is 18.9 Å². The monoisotopic (exact) mass is 278 g/mol. The van der Waals surface area contributed by atoms with Crippen LogP contribution in [0, 0.1) is 0 Å². The Labute approximate surface area is 122 Å². The fourth-order valence-electron chi connectivity index (χ4n) is 2.72. The van der Waals surface area contributed by atoms with Crippen molar-refractivity contribution in [3.8, 4) is 28.4 Å². The van der Waals surface area contributed by atoms with Crippen LogP contribution in [0.4, 0.5) is 0 Å². The maximum atomic E-state index is 10.6. The third-order valence-corrected chi connectivity index (χ3v) is 3.70. The number of nitrogens with zero attached hydrogens (tertiary/aromatic N) is 2. The van der Waals surface area contributed by atoms with Crippen LogP contribution in [-0.2, 0) is 6.42 Å². The number of benzene rings is 2. The number of hydrogen-bond acceptors (Lipinski definition) is 3. The Bertz CT molecular complexity index is 794. The Hall–Kier alpha value is -2.75. The Morgan fingerprint density at radius 1 is 1.00 bits per heavy atom. The highest BCUT2D eigenvalue weighted by Gasteiger charge is 2.24. The van der Waals surface area contributed by atoms with Gasteiger partial charge in [-0.3, -0.25) is 0 Å². The second-order valence-corrected chi connectivity index (χ2v) is 5.00. The van der Waals surface area contributed by atoms with Crippen molar-refractivity contribution in [2.45, 2.75) is 6.42 Å². The SMILES string of the molecule is On1c(-c2ccccc2)nc2c1-c1ccccc1OCC2. The summed E-state index contributed by atoms with van der Waals surface area (Å²) in [6.07, 6.45) is 0.678. The lowest BCUT2D eigenvalue weighted by molar-refractivity contribution is 0.195. The zero-order chi connectivity index (χ0) is 14.2. The lowest BCUT2D eigenvalue weighted by atomic mass is 10.1. The molecule has 0 fully saturated rings. The molecule has 0 bridgehead atoms. The third-order valence-electron chi connectivity index (χ3n) is 3.70. The molecule has 0 aliphatic carbocycles. The topological polar surface area (TPSA) is 47.3 Å². The second kappa shape index (κ2) is 4.66. The van der Waals surface area contributed by atoms with Gasteiger partial charge in [-0.25, -0.2) is 4.98 Å². The van der Waals surface area contributed by atoms with Gasteiger partial charge in [-0.05, 0) is 12.1 Å². The maximum absolute atomic E-state index is 10.6. The van der Waals surface area contributed by atoms with Crippen LogP contribution >= 0.6 is 0 Å². The molecule has 0 saturated heterocycles. The molecule has 4 nitrogen and oxygen atoms in total. The number of hydrogen-bond donors (Lipinski definition) is 1. The van der Waals surface area contributed by atoms with Crippen molar-refractivity contribution in [2.75, 3.05) is 6.61 Å². The number of fused-ring (bicyclic) bond motifs is 3. The van der Waals surface area contributed by atoms with E-state index in [-0.39, 0.29) is 0 Å². The molecule has 2 heterocycles. The van der Waals surface area contributed by atoms with Crippen molar-refractivity contribution < 1.29 is 9.94 Å². The Morgan fingerprint density at radius 2 is 1.76 bits per heavy atom. The zero-order valence-corrected chi connectivity index (χ0v) is 11.4. The molecular formula is C17H14N2O2. The summed E-state index contributed by atoms with van der Waals surface area (Å²) in [5.74, 6) is 1.35. The highest BCUT2D eigenvalue weighted by atomic mass is 16.5. The van der Waals surface area contributed by atoms with Crippen molar-refractivity contribution in [1.82, 2.24) is 9.71 Å². The molecule has 1 aliphatic heterocycles. The largest absolute Gasteiger partial charge is 0.492 e. The number of imidazole rings is 1. The van der Waals surface area contributed by atoms with E-state index in [2.05, 4.69) is 4.98 Å². The summed E-state index contributed by atoms with van der Waals surface area (Å²) < 4.78 is 6.90. The van der Waals surface area contributed by atoms with Gasteiger partial charge in [-0.15, -0.1) is 0 Å². The van der Waals surface area contributed by atoms with Crippen molar-refractivity contribution >= 4 is 0 Å². The van der Waals surface area contributed by atoms with Crippen LogP contribution in [0.5, 0.6) is 5.75 Å². The molecule has 4 heteroatoms. The molecule has 0 unspecified atom stereocenters. The van der Waals surface area contributed by atoms with E-state index < -0.39 is 0 Å². The van der Waals surface area contributed by atoms with Crippen molar-refractivity contribution in [2.24, 2.45) is 0 Å². The van der Waals surface area contributed by atoms with Gasteiger partial charge in [0.15, 0.2) is 5.82 Å². The van der Waals surface area contributed by atoms with Gasteiger partial charge in [0.25, 0.3) is 0 Å². The van der Waals surface area contributed by atoms with E-state index in [1.807, 2.05) is 54.6 Å². The highest BCUT2D eigenvalue weighted by molar-refractivity contribution is 5.73. The first kappa shape index (κ1) is 12.0. The molecule has 0 amide bonds. The zero-order valence-electron chi connectivity index (χ0n) is 11.4. The third kappa shape index (κ3) is 1.88. The van der Waals surface area contributed by atoms with Crippen molar-refractivity contribution in [1.29, 1.82) is 0 Å². The van der Waals surface area contributed by atoms with Gasteiger partial charge in [0.1, 0.15) is 11.4 Å². The molecule has 1 N–H and O–H groups in total. The molecule has 104 valence electrons. The van der Waals surface area contributed by atoms with E-state index in [1.54, 1.807) is 0 Å². The van der Waals surface area contributed by atoms with Gasteiger partial charge in [0, 0.05) is 17.5 Å². The van der Waals surface area contributed by atoms with Gasteiger partial charge < -0.3 is 9.94 Å². The molecule has 1 aliphatic rings. The Kier molecular flexibility index (Phi) is 2.67. The van der Waals surface area contributed by atoms with Gasteiger partial charge in [0.05, 0.1) is 12.3 Å². The van der Waals surface area contributed by atoms with E-state index >= 15 is 0 Å². The molecule has 3 aromatic rings. The number of para-hydroxylation sites is 1. The van der Waals surface area contributed by atoms with Gasteiger partial charge >= 0.3 is 0 Å². The molecular weight excluding hydrogens is 264 g/mol. The van der Waals surface area contributed by atoms with Crippen LogP contribution in [0.25, 0.3) is 22.6 Å². The summed E-state index contributed by atoms with van der Waals surface area (Å²) in [5, 5.41) is 10.6. The van der Waals surface area contributed by atoms with Crippen LogP contribution in [0.2, 0.25) is 0 Å². The van der Waals surface area contributed by atoms with Crippen molar-refractivity contribution in [3.63, 3.8) is 0 Å². The molecule has 2 aromatic carbocycles.